The normalized spacial score (nSPS) is 17.2. The molecule has 1 atom stereocenters. The van der Waals surface area contributed by atoms with Gasteiger partial charge in [0.1, 0.15) is 11.6 Å². The molecule has 2 aromatic rings. The fourth-order valence-corrected chi connectivity index (χ4v) is 2.97. The molecule has 0 aliphatic carbocycles. The second-order valence-corrected chi connectivity index (χ2v) is 6.18. The minimum absolute atomic E-state index is 0.106. The number of amides is 2. The lowest BCUT2D eigenvalue weighted by molar-refractivity contribution is -0.129. The maximum absolute atomic E-state index is 12.6. The van der Waals surface area contributed by atoms with E-state index in [4.69, 9.17) is 23.2 Å². The number of nitrogens with zero attached hydrogens (tertiary/aromatic N) is 1. The number of carbonyl (C=O) groups excluding carboxylic acids is 2. The standard InChI is InChI=1S/C16H13Cl2N3O3/c17-9-1-2-11(18)13(7-9)21-6-4-10(16(21)24)15(23)20-12-8-19-5-3-14(12)22/h1-3,5,7-8,10H,4,6H2,(H,19,22)(H,20,23). The van der Waals surface area contributed by atoms with Gasteiger partial charge in [-0.1, -0.05) is 23.2 Å². The van der Waals surface area contributed by atoms with Crippen molar-refractivity contribution in [1.82, 2.24) is 4.98 Å². The number of nitrogens with one attached hydrogen (secondary N) is 2. The minimum Gasteiger partial charge on any atom is -0.366 e. The first-order valence-electron chi connectivity index (χ1n) is 7.22. The monoisotopic (exact) mass is 365 g/mol. The molecule has 1 aliphatic heterocycles. The number of hydrogen-bond donors (Lipinski definition) is 2. The number of hydrogen-bond acceptors (Lipinski definition) is 3. The Balaban J connectivity index is 1.79. The lowest BCUT2D eigenvalue weighted by Gasteiger charge is -2.18. The molecule has 1 unspecified atom stereocenters. The Morgan fingerprint density at radius 2 is 2.04 bits per heavy atom. The van der Waals surface area contributed by atoms with Crippen LogP contribution in [-0.2, 0) is 9.59 Å². The van der Waals surface area contributed by atoms with E-state index in [1.807, 2.05) is 0 Å². The molecule has 1 saturated heterocycles. The zero-order valence-corrected chi connectivity index (χ0v) is 13.9. The molecule has 1 aromatic heterocycles. The summed E-state index contributed by atoms with van der Waals surface area (Å²) in [6, 6.07) is 6.11. The number of rotatable bonds is 3. The Labute approximate surface area is 147 Å². The van der Waals surface area contributed by atoms with Gasteiger partial charge in [-0.15, -0.1) is 0 Å². The van der Waals surface area contributed by atoms with Gasteiger partial charge in [-0.2, -0.15) is 0 Å². The van der Waals surface area contributed by atoms with Crippen LogP contribution in [0.15, 0.2) is 41.5 Å². The molecule has 0 radical (unpaired) electrons. The van der Waals surface area contributed by atoms with E-state index in [9.17, 15) is 14.4 Å². The van der Waals surface area contributed by atoms with Gasteiger partial charge in [-0.3, -0.25) is 14.4 Å². The largest absolute Gasteiger partial charge is 0.366 e. The summed E-state index contributed by atoms with van der Waals surface area (Å²) in [5.41, 5.74) is 0.249. The predicted octanol–water partition coefficient (Wildman–Crippen LogP) is 2.67. The van der Waals surface area contributed by atoms with Gasteiger partial charge in [-0.05, 0) is 24.6 Å². The first-order valence-corrected chi connectivity index (χ1v) is 7.97. The number of carbonyl (C=O) groups is 2. The highest BCUT2D eigenvalue weighted by atomic mass is 35.5. The van der Waals surface area contributed by atoms with Gasteiger partial charge < -0.3 is 15.2 Å². The quantitative estimate of drug-likeness (QED) is 0.820. The summed E-state index contributed by atoms with van der Waals surface area (Å²) in [5, 5.41) is 3.32. The van der Waals surface area contributed by atoms with Crippen LogP contribution in [0.25, 0.3) is 0 Å². The lowest BCUT2D eigenvalue weighted by Crippen LogP contribution is -2.34. The van der Waals surface area contributed by atoms with Crippen LogP contribution < -0.4 is 15.6 Å². The third-order valence-electron chi connectivity index (χ3n) is 3.80. The number of aromatic nitrogens is 1. The number of anilines is 2. The van der Waals surface area contributed by atoms with Gasteiger partial charge in [0, 0.05) is 30.0 Å². The van der Waals surface area contributed by atoms with Crippen molar-refractivity contribution in [2.75, 3.05) is 16.8 Å². The summed E-state index contributed by atoms with van der Waals surface area (Å²) in [4.78, 5) is 40.7. The molecule has 1 fully saturated rings. The molecule has 2 heterocycles. The lowest BCUT2D eigenvalue weighted by atomic mass is 10.1. The van der Waals surface area contributed by atoms with Crippen LogP contribution in [0, 0.1) is 5.92 Å². The molecular formula is C16H13Cl2N3O3. The van der Waals surface area contributed by atoms with E-state index < -0.39 is 11.8 Å². The molecule has 0 saturated carbocycles. The highest BCUT2D eigenvalue weighted by molar-refractivity contribution is 6.36. The third-order valence-corrected chi connectivity index (χ3v) is 4.36. The Bertz CT molecular complexity index is 866. The SMILES string of the molecule is O=C(Nc1c[nH]ccc1=O)C1CCN(c2cc(Cl)ccc2Cl)C1=O. The van der Waals surface area contributed by atoms with E-state index in [0.717, 1.165) is 0 Å². The van der Waals surface area contributed by atoms with Crippen molar-refractivity contribution in [3.05, 3.63) is 56.9 Å². The average Bonchev–Trinajstić information content (AvgIpc) is 2.93. The maximum Gasteiger partial charge on any atom is 0.239 e. The van der Waals surface area contributed by atoms with Gasteiger partial charge in [0.2, 0.25) is 17.2 Å². The molecule has 2 amide bonds. The molecule has 1 aromatic carbocycles. The van der Waals surface area contributed by atoms with Crippen molar-refractivity contribution in [3.8, 4) is 0 Å². The Morgan fingerprint density at radius 1 is 1.25 bits per heavy atom. The van der Waals surface area contributed by atoms with Crippen molar-refractivity contribution >= 4 is 46.4 Å². The number of halogens is 2. The smallest absolute Gasteiger partial charge is 0.239 e. The molecule has 0 bridgehead atoms. The van der Waals surface area contributed by atoms with Gasteiger partial charge in [0.05, 0.1) is 10.7 Å². The van der Waals surface area contributed by atoms with Crippen LogP contribution in [0.5, 0.6) is 0 Å². The minimum atomic E-state index is -0.875. The topological polar surface area (TPSA) is 82.3 Å². The van der Waals surface area contributed by atoms with Crippen LogP contribution >= 0.6 is 23.2 Å². The number of benzene rings is 1. The van der Waals surface area contributed by atoms with E-state index in [1.54, 1.807) is 18.2 Å². The first-order chi connectivity index (χ1) is 11.5. The summed E-state index contributed by atoms with van der Waals surface area (Å²) >= 11 is 12.1. The molecule has 24 heavy (non-hydrogen) atoms. The van der Waals surface area contributed by atoms with Crippen molar-refractivity contribution in [2.45, 2.75) is 6.42 Å². The number of aromatic amines is 1. The zero-order valence-electron chi connectivity index (χ0n) is 12.4. The van der Waals surface area contributed by atoms with Crippen LogP contribution in [0.2, 0.25) is 10.0 Å². The molecule has 1 aliphatic rings. The van der Waals surface area contributed by atoms with Crippen LogP contribution in [0.4, 0.5) is 11.4 Å². The van der Waals surface area contributed by atoms with Crippen molar-refractivity contribution < 1.29 is 9.59 Å². The fraction of sp³-hybridized carbons (Fsp3) is 0.188. The number of pyridine rings is 1. The molecule has 2 N–H and O–H groups in total. The van der Waals surface area contributed by atoms with E-state index in [-0.39, 0.29) is 17.0 Å². The van der Waals surface area contributed by atoms with Gasteiger partial charge in [0.15, 0.2) is 0 Å². The molecular weight excluding hydrogens is 353 g/mol. The summed E-state index contributed by atoms with van der Waals surface area (Å²) in [7, 11) is 0. The van der Waals surface area contributed by atoms with Gasteiger partial charge in [-0.25, -0.2) is 0 Å². The Morgan fingerprint density at radius 3 is 2.79 bits per heavy atom. The van der Waals surface area contributed by atoms with E-state index in [0.29, 0.717) is 28.7 Å². The molecule has 124 valence electrons. The molecule has 6 nitrogen and oxygen atoms in total. The van der Waals surface area contributed by atoms with Crippen LogP contribution in [-0.4, -0.2) is 23.3 Å². The van der Waals surface area contributed by atoms with Crippen LogP contribution in [0.1, 0.15) is 6.42 Å². The Hall–Kier alpha value is -2.31. The van der Waals surface area contributed by atoms with Crippen LogP contribution in [0.3, 0.4) is 0 Å². The molecule has 8 heteroatoms. The highest BCUT2D eigenvalue weighted by Gasteiger charge is 2.38. The second kappa shape index (κ2) is 6.67. The van der Waals surface area contributed by atoms with Gasteiger partial charge >= 0.3 is 0 Å². The summed E-state index contributed by atoms with van der Waals surface area (Å²) < 4.78 is 0. The highest BCUT2D eigenvalue weighted by Crippen LogP contribution is 2.33. The maximum atomic E-state index is 12.6. The third kappa shape index (κ3) is 3.16. The zero-order chi connectivity index (χ0) is 17.3. The van der Waals surface area contributed by atoms with E-state index in [1.165, 1.54) is 23.4 Å². The first kappa shape index (κ1) is 16.5. The van der Waals surface area contributed by atoms with E-state index in [2.05, 4.69) is 10.3 Å². The average molecular weight is 366 g/mol. The van der Waals surface area contributed by atoms with E-state index >= 15 is 0 Å². The van der Waals surface area contributed by atoms with Crippen molar-refractivity contribution in [3.63, 3.8) is 0 Å². The fourth-order valence-electron chi connectivity index (χ4n) is 2.59. The summed E-state index contributed by atoms with van der Waals surface area (Å²) in [5.74, 6) is -1.76. The predicted molar refractivity (Wildman–Crippen MR) is 92.6 cm³/mol. The van der Waals surface area contributed by atoms with Crippen molar-refractivity contribution in [2.24, 2.45) is 5.92 Å². The van der Waals surface area contributed by atoms with Gasteiger partial charge in [0.25, 0.3) is 0 Å². The molecule has 0 spiro atoms. The Kier molecular flexibility index (Phi) is 4.59. The summed E-state index contributed by atoms with van der Waals surface area (Å²) in [6.07, 6.45) is 3.17. The number of H-pyrrole nitrogens is 1. The van der Waals surface area contributed by atoms with Crippen molar-refractivity contribution in [1.29, 1.82) is 0 Å². The second-order valence-electron chi connectivity index (χ2n) is 5.34. The molecule has 3 rings (SSSR count). The summed E-state index contributed by atoms with van der Waals surface area (Å²) in [6.45, 7) is 0.349.